The standard InChI is InChI=1S/C18H22ClN3OS/c1-13-4-5-14(19)11-16(13)21-6-8-22(9-7-21)18(15(20)12-23)17-3-2-10-24-17/h2-5,10-12,15,18H,6-9,20H2,1H3. The zero-order valence-electron chi connectivity index (χ0n) is 13.7. The molecule has 2 aromatic rings. The zero-order chi connectivity index (χ0) is 17.1. The van der Waals surface area contributed by atoms with Gasteiger partial charge in [-0.15, -0.1) is 11.3 Å². The molecule has 0 aliphatic carbocycles. The quantitative estimate of drug-likeness (QED) is 0.829. The normalized spacial score (nSPS) is 18.4. The number of rotatable bonds is 5. The molecule has 2 N–H and O–H groups in total. The number of anilines is 1. The highest BCUT2D eigenvalue weighted by Crippen LogP contribution is 2.30. The van der Waals surface area contributed by atoms with Crippen LogP contribution in [0.15, 0.2) is 35.7 Å². The van der Waals surface area contributed by atoms with E-state index in [1.54, 1.807) is 11.3 Å². The lowest BCUT2D eigenvalue weighted by Crippen LogP contribution is -2.51. The van der Waals surface area contributed by atoms with Gasteiger partial charge in [-0.2, -0.15) is 0 Å². The molecule has 0 amide bonds. The van der Waals surface area contributed by atoms with Crippen LogP contribution >= 0.6 is 22.9 Å². The minimum absolute atomic E-state index is 0.0369. The molecule has 2 unspecified atom stereocenters. The van der Waals surface area contributed by atoms with Crippen LogP contribution in [0.2, 0.25) is 5.02 Å². The Labute approximate surface area is 151 Å². The Balaban J connectivity index is 1.73. The van der Waals surface area contributed by atoms with E-state index in [1.165, 1.54) is 11.3 Å². The molecule has 1 fully saturated rings. The average Bonchev–Trinajstić information content (AvgIpc) is 3.12. The number of hydrogen-bond donors (Lipinski definition) is 1. The molecule has 1 aromatic heterocycles. The van der Waals surface area contributed by atoms with E-state index in [2.05, 4.69) is 28.9 Å². The largest absolute Gasteiger partial charge is 0.369 e. The molecule has 0 spiro atoms. The van der Waals surface area contributed by atoms with Crippen molar-refractivity contribution in [2.45, 2.75) is 19.0 Å². The molecule has 0 saturated carbocycles. The highest BCUT2D eigenvalue weighted by Gasteiger charge is 2.30. The molecule has 128 valence electrons. The number of carbonyl (C=O) groups is 1. The zero-order valence-corrected chi connectivity index (χ0v) is 15.3. The third kappa shape index (κ3) is 3.64. The summed E-state index contributed by atoms with van der Waals surface area (Å²) in [6.45, 7) is 5.64. The van der Waals surface area contributed by atoms with Crippen LogP contribution in [0, 0.1) is 6.92 Å². The van der Waals surface area contributed by atoms with Gasteiger partial charge in [-0.25, -0.2) is 0 Å². The maximum absolute atomic E-state index is 11.3. The number of carbonyl (C=O) groups excluding carboxylic acids is 1. The second-order valence-electron chi connectivity index (χ2n) is 6.13. The Hall–Kier alpha value is -1.40. The molecule has 1 saturated heterocycles. The second-order valence-corrected chi connectivity index (χ2v) is 7.54. The summed E-state index contributed by atoms with van der Waals surface area (Å²) in [4.78, 5) is 17.1. The molecule has 3 rings (SSSR count). The molecule has 4 nitrogen and oxygen atoms in total. The van der Waals surface area contributed by atoms with Crippen molar-refractivity contribution in [1.29, 1.82) is 0 Å². The van der Waals surface area contributed by atoms with E-state index in [0.29, 0.717) is 0 Å². The monoisotopic (exact) mass is 363 g/mol. The van der Waals surface area contributed by atoms with Gasteiger partial charge in [0.25, 0.3) is 0 Å². The first kappa shape index (κ1) is 17.4. The number of nitrogens with zero attached hydrogens (tertiary/aromatic N) is 2. The van der Waals surface area contributed by atoms with Crippen molar-refractivity contribution in [1.82, 2.24) is 4.90 Å². The topological polar surface area (TPSA) is 49.6 Å². The number of benzene rings is 1. The lowest BCUT2D eigenvalue weighted by molar-refractivity contribution is -0.110. The van der Waals surface area contributed by atoms with Gasteiger partial charge in [0.15, 0.2) is 0 Å². The van der Waals surface area contributed by atoms with Crippen molar-refractivity contribution in [2.24, 2.45) is 5.73 Å². The van der Waals surface area contributed by atoms with Crippen molar-refractivity contribution in [3.8, 4) is 0 Å². The summed E-state index contributed by atoms with van der Waals surface area (Å²) in [7, 11) is 0. The van der Waals surface area contributed by atoms with Gasteiger partial charge >= 0.3 is 0 Å². The summed E-state index contributed by atoms with van der Waals surface area (Å²) in [6.07, 6.45) is 0.859. The highest BCUT2D eigenvalue weighted by molar-refractivity contribution is 7.10. The van der Waals surface area contributed by atoms with Crippen molar-refractivity contribution in [2.75, 3.05) is 31.1 Å². The van der Waals surface area contributed by atoms with Gasteiger partial charge in [0, 0.05) is 41.8 Å². The molecule has 1 aromatic carbocycles. The van der Waals surface area contributed by atoms with Gasteiger partial charge in [-0.05, 0) is 36.1 Å². The summed E-state index contributed by atoms with van der Waals surface area (Å²) in [5, 5.41) is 2.79. The molecule has 2 heterocycles. The van der Waals surface area contributed by atoms with E-state index in [9.17, 15) is 4.79 Å². The minimum atomic E-state index is -0.497. The molecule has 1 aliphatic heterocycles. The summed E-state index contributed by atoms with van der Waals surface area (Å²) >= 11 is 7.81. The van der Waals surface area contributed by atoms with Gasteiger partial charge in [0.1, 0.15) is 6.29 Å². The van der Waals surface area contributed by atoms with Crippen molar-refractivity contribution in [3.05, 3.63) is 51.2 Å². The van der Waals surface area contributed by atoms with Gasteiger partial charge in [0.05, 0.1) is 12.1 Å². The fraction of sp³-hybridized carbons (Fsp3) is 0.389. The molecule has 0 bridgehead atoms. The van der Waals surface area contributed by atoms with Crippen LogP contribution in [0.4, 0.5) is 5.69 Å². The van der Waals surface area contributed by atoms with Crippen LogP contribution in [0.25, 0.3) is 0 Å². The molecule has 1 aliphatic rings. The van der Waals surface area contributed by atoms with Crippen molar-refractivity contribution < 1.29 is 4.79 Å². The van der Waals surface area contributed by atoms with Crippen LogP contribution in [-0.4, -0.2) is 43.4 Å². The SMILES string of the molecule is Cc1ccc(Cl)cc1N1CCN(C(c2cccs2)C(N)C=O)CC1. The maximum Gasteiger partial charge on any atom is 0.138 e. The molecular formula is C18H22ClN3OS. The number of nitrogens with two attached hydrogens (primary N) is 1. The Morgan fingerprint density at radius 1 is 1.25 bits per heavy atom. The number of hydrogen-bond acceptors (Lipinski definition) is 5. The Morgan fingerprint density at radius 3 is 2.62 bits per heavy atom. The lowest BCUT2D eigenvalue weighted by Gasteiger charge is -2.41. The summed E-state index contributed by atoms with van der Waals surface area (Å²) in [6, 6.07) is 9.55. The highest BCUT2D eigenvalue weighted by atomic mass is 35.5. The third-order valence-electron chi connectivity index (χ3n) is 4.58. The van der Waals surface area contributed by atoms with Crippen LogP contribution in [0.5, 0.6) is 0 Å². The minimum Gasteiger partial charge on any atom is -0.369 e. The van der Waals surface area contributed by atoms with E-state index in [1.807, 2.05) is 23.6 Å². The molecule has 24 heavy (non-hydrogen) atoms. The number of aryl methyl sites for hydroxylation is 1. The van der Waals surface area contributed by atoms with Crippen LogP contribution < -0.4 is 10.6 Å². The Kier molecular flexibility index (Phi) is 5.56. The van der Waals surface area contributed by atoms with Gasteiger partial charge in [-0.1, -0.05) is 23.7 Å². The van der Waals surface area contributed by atoms with Gasteiger partial charge in [-0.3, -0.25) is 4.90 Å². The van der Waals surface area contributed by atoms with Gasteiger partial charge < -0.3 is 15.4 Å². The molecular weight excluding hydrogens is 342 g/mol. The first-order valence-electron chi connectivity index (χ1n) is 8.09. The van der Waals surface area contributed by atoms with Crippen molar-refractivity contribution >= 4 is 34.9 Å². The van der Waals surface area contributed by atoms with Crippen LogP contribution in [0.3, 0.4) is 0 Å². The molecule has 0 radical (unpaired) electrons. The van der Waals surface area contributed by atoms with E-state index in [0.717, 1.165) is 42.4 Å². The molecule has 6 heteroatoms. The van der Waals surface area contributed by atoms with Gasteiger partial charge in [0.2, 0.25) is 0 Å². The lowest BCUT2D eigenvalue weighted by atomic mass is 10.0. The second kappa shape index (κ2) is 7.66. The Bertz CT molecular complexity index is 684. The summed E-state index contributed by atoms with van der Waals surface area (Å²) in [5.41, 5.74) is 8.51. The first-order valence-corrected chi connectivity index (χ1v) is 9.35. The Morgan fingerprint density at radius 2 is 2.00 bits per heavy atom. The molecule has 2 atom stereocenters. The number of halogens is 1. The van der Waals surface area contributed by atoms with Crippen LogP contribution in [-0.2, 0) is 4.79 Å². The summed E-state index contributed by atoms with van der Waals surface area (Å²) < 4.78 is 0. The fourth-order valence-corrected chi connectivity index (χ4v) is 4.39. The average molecular weight is 364 g/mol. The fourth-order valence-electron chi connectivity index (χ4n) is 3.31. The predicted octanol–water partition coefficient (Wildman–Crippen LogP) is 3.10. The summed E-state index contributed by atoms with van der Waals surface area (Å²) in [5.74, 6) is 0. The number of thiophene rings is 1. The van der Waals surface area contributed by atoms with E-state index in [-0.39, 0.29) is 6.04 Å². The predicted molar refractivity (Wildman–Crippen MR) is 101 cm³/mol. The number of piperazine rings is 1. The van der Waals surface area contributed by atoms with E-state index < -0.39 is 6.04 Å². The van der Waals surface area contributed by atoms with Crippen LogP contribution in [0.1, 0.15) is 16.5 Å². The van der Waals surface area contributed by atoms with E-state index >= 15 is 0 Å². The first-order chi connectivity index (χ1) is 11.6. The number of aldehydes is 1. The maximum atomic E-state index is 11.3. The smallest absolute Gasteiger partial charge is 0.138 e. The third-order valence-corrected chi connectivity index (χ3v) is 5.75. The van der Waals surface area contributed by atoms with E-state index in [4.69, 9.17) is 17.3 Å². The van der Waals surface area contributed by atoms with Crippen molar-refractivity contribution in [3.63, 3.8) is 0 Å².